The Morgan fingerprint density at radius 3 is 1.08 bits per heavy atom. The fourth-order valence-corrected chi connectivity index (χ4v) is 2.89. The molecule has 0 aliphatic carbocycles. The highest BCUT2D eigenvalue weighted by atomic mass is 19.2. The maximum atomic E-state index is 13.9. The second-order valence-corrected chi connectivity index (χ2v) is 7.56. The summed E-state index contributed by atoms with van der Waals surface area (Å²) in [6, 6.07) is 8.24. The van der Waals surface area contributed by atoms with Crippen LogP contribution in [0.1, 0.15) is 16.7 Å². The fourth-order valence-electron chi connectivity index (χ4n) is 2.89. The van der Waals surface area contributed by atoms with Crippen molar-refractivity contribution in [3.05, 3.63) is 113 Å². The Kier molecular flexibility index (Phi) is 8.57. The molecule has 0 amide bonds. The van der Waals surface area contributed by atoms with Crippen LogP contribution in [0, 0.1) is 55.7 Å². The van der Waals surface area contributed by atoms with Crippen LogP contribution >= 0.6 is 0 Å². The van der Waals surface area contributed by atoms with Gasteiger partial charge in [0.25, 0.3) is 0 Å². The molecule has 4 nitrogen and oxygen atoms in total. The van der Waals surface area contributed by atoms with Crippen LogP contribution in [0.2, 0.25) is 0 Å². The van der Waals surface area contributed by atoms with E-state index in [4.69, 9.17) is 14.0 Å². The van der Waals surface area contributed by atoms with E-state index in [1.165, 1.54) is 20.8 Å². The van der Waals surface area contributed by atoms with E-state index in [-0.39, 0.29) is 33.9 Å². The van der Waals surface area contributed by atoms with Gasteiger partial charge in [0, 0.05) is 65.5 Å². The molecular weight excluding hydrogens is 487 g/mol. The van der Waals surface area contributed by atoms with Crippen molar-refractivity contribution in [2.45, 2.75) is 20.8 Å². The zero-order valence-corrected chi connectivity index (χ0v) is 19.3. The van der Waals surface area contributed by atoms with Gasteiger partial charge in [0.1, 0.15) is 52.2 Å². The Hall–Kier alpha value is -4.02. The van der Waals surface area contributed by atoms with Crippen molar-refractivity contribution in [3.8, 4) is 17.2 Å². The number of hydrogen-bond acceptors (Lipinski definition) is 3. The van der Waals surface area contributed by atoms with Crippen molar-refractivity contribution in [1.29, 1.82) is 0 Å². The van der Waals surface area contributed by atoms with Crippen molar-refractivity contribution in [3.63, 3.8) is 0 Å². The van der Waals surface area contributed by atoms with Gasteiger partial charge in [-0.2, -0.15) is 0 Å². The Morgan fingerprint density at radius 1 is 0.528 bits per heavy atom. The molecule has 0 bridgehead atoms. The lowest BCUT2D eigenvalue weighted by molar-refractivity contribution is 0.300. The molecule has 1 heterocycles. The van der Waals surface area contributed by atoms with Gasteiger partial charge in [-0.15, -0.1) is 0 Å². The minimum atomic E-state index is -1.92. The largest absolute Gasteiger partial charge is 0.864 e. The van der Waals surface area contributed by atoms with Gasteiger partial charge in [-0.1, -0.05) is 0 Å². The Labute approximate surface area is 203 Å². The molecule has 0 radical (unpaired) electrons. The predicted octanol–water partition coefficient (Wildman–Crippen LogP) is 6.98. The molecule has 4 rings (SSSR count). The molecule has 188 valence electrons. The highest BCUT2D eigenvalue weighted by Crippen LogP contribution is 2.29. The molecule has 0 atom stereocenters. The summed E-state index contributed by atoms with van der Waals surface area (Å²) in [6.07, 6.45) is 3.75. The normalized spacial score (nSPS) is 10.4. The topological polar surface area (TPSA) is 43.5 Å². The maximum absolute atomic E-state index is 13.9. The second-order valence-electron chi connectivity index (χ2n) is 7.56. The summed E-state index contributed by atoms with van der Waals surface area (Å²) in [7, 11) is -1.92. The lowest BCUT2D eigenvalue weighted by Gasteiger charge is -2.20. The standard InChI is InChI=1S/C21H15BF6O3.C4H5N/c1-10-16(26)4-13(23)7-19(10)29-22(30-20-8-14(24)5-17(27)11(20)2)31-21-9-15(25)6-18(28)12(21)3;1-2-4-5-3-1/h4-9H,1-3H3;1-5H. The summed E-state index contributed by atoms with van der Waals surface area (Å²) in [5, 5.41) is 0. The molecule has 0 aliphatic heterocycles. The Bertz CT molecular complexity index is 1180. The molecule has 1 aromatic heterocycles. The van der Waals surface area contributed by atoms with Gasteiger partial charge in [0.2, 0.25) is 0 Å². The zero-order valence-electron chi connectivity index (χ0n) is 19.3. The van der Waals surface area contributed by atoms with Gasteiger partial charge in [0.15, 0.2) is 0 Å². The Balaban J connectivity index is 0.000000642. The van der Waals surface area contributed by atoms with Crippen molar-refractivity contribution >= 4 is 7.32 Å². The van der Waals surface area contributed by atoms with Gasteiger partial charge in [0.05, 0.1) is 0 Å². The van der Waals surface area contributed by atoms with Crippen LogP contribution in [0.5, 0.6) is 17.2 Å². The average molecular weight is 507 g/mol. The van der Waals surface area contributed by atoms with Crippen molar-refractivity contribution in [2.75, 3.05) is 0 Å². The molecule has 36 heavy (non-hydrogen) atoms. The van der Waals surface area contributed by atoms with Gasteiger partial charge >= 0.3 is 7.32 Å². The smallest absolute Gasteiger partial charge is 0.489 e. The molecule has 0 unspecified atom stereocenters. The Morgan fingerprint density at radius 2 is 0.833 bits per heavy atom. The first-order chi connectivity index (χ1) is 17.0. The van der Waals surface area contributed by atoms with Crippen molar-refractivity contribution in [1.82, 2.24) is 4.98 Å². The summed E-state index contributed by atoms with van der Waals surface area (Å²) in [4.78, 5) is 2.86. The van der Waals surface area contributed by atoms with Crippen LogP contribution in [0.25, 0.3) is 0 Å². The van der Waals surface area contributed by atoms with Crippen molar-refractivity contribution < 1.29 is 40.3 Å². The van der Waals surface area contributed by atoms with E-state index < -0.39 is 42.2 Å². The number of rotatable bonds is 6. The third-order valence-corrected chi connectivity index (χ3v) is 4.95. The number of hydrogen-bond donors (Lipinski definition) is 1. The quantitative estimate of drug-likeness (QED) is 0.226. The van der Waals surface area contributed by atoms with E-state index in [0.717, 1.165) is 18.2 Å². The molecule has 0 spiro atoms. The van der Waals surface area contributed by atoms with E-state index in [9.17, 15) is 26.3 Å². The first kappa shape index (κ1) is 26.6. The molecule has 0 saturated heterocycles. The van der Waals surface area contributed by atoms with Crippen LogP contribution < -0.4 is 14.0 Å². The third kappa shape index (κ3) is 6.77. The fraction of sp³-hybridized carbons (Fsp3) is 0.120. The molecule has 0 fully saturated rings. The molecular formula is C25H20BF6NO3. The summed E-state index contributed by atoms with van der Waals surface area (Å²) >= 11 is 0. The molecule has 3 aromatic carbocycles. The number of halogens is 6. The number of benzene rings is 3. The number of nitrogens with one attached hydrogen (secondary N) is 1. The van der Waals surface area contributed by atoms with Gasteiger partial charge < -0.3 is 18.9 Å². The van der Waals surface area contributed by atoms with Gasteiger partial charge in [-0.3, -0.25) is 0 Å². The molecule has 11 heteroatoms. The van der Waals surface area contributed by atoms with E-state index in [2.05, 4.69) is 4.98 Å². The van der Waals surface area contributed by atoms with E-state index >= 15 is 0 Å². The van der Waals surface area contributed by atoms with Crippen LogP contribution in [-0.4, -0.2) is 12.3 Å². The number of aromatic nitrogens is 1. The first-order valence-electron chi connectivity index (χ1n) is 10.5. The minimum Gasteiger partial charge on any atom is -0.489 e. The molecule has 0 aliphatic rings. The van der Waals surface area contributed by atoms with Gasteiger partial charge in [-0.25, -0.2) is 26.3 Å². The second kappa shape index (κ2) is 11.6. The highest BCUT2D eigenvalue weighted by Gasteiger charge is 2.34. The van der Waals surface area contributed by atoms with Crippen LogP contribution in [-0.2, 0) is 0 Å². The summed E-state index contributed by atoms with van der Waals surface area (Å²) in [6.45, 7) is 3.84. The third-order valence-electron chi connectivity index (χ3n) is 4.95. The zero-order chi connectivity index (χ0) is 26.4. The lowest BCUT2D eigenvalue weighted by atomic mass is 10.1. The molecule has 0 saturated carbocycles. The van der Waals surface area contributed by atoms with Gasteiger partial charge in [-0.05, 0) is 32.9 Å². The van der Waals surface area contributed by atoms with E-state index in [1.54, 1.807) is 0 Å². The highest BCUT2D eigenvalue weighted by molar-refractivity contribution is 6.39. The molecule has 1 N–H and O–H groups in total. The SMILES string of the molecule is Cc1c(F)cc(F)cc1OB(Oc1cc(F)cc(F)c1C)Oc1cc(F)cc(F)c1C.c1cc[nH]c1. The maximum Gasteiger partial charge on any atom is 0.864 e. The van der Waals surface area contributed by atoms with Crippen LogP contribution in [0.15, 0.2) is 60.9 Å². The predicted molar refractivity (Wildman–Crippen MR) is 122 cm³/mol. The summed E-state index contributed by atoms with van der Waals surface area (Å²) < 4.78 is 98.7. The van der Waals surface area contributed by atoms with Crippen LogP contribution in [0.3, 0.4) is 0 Å². The van der Waals surface area contributed by atoms with Crippen LogP contribution in [0.4, 0.5) is 26.3 Å². The van der Waals surface area contributed by atoms with E-state index in [1.807, 2.05) is 24.5 Å². The minimum absolute atomic E-state index is 0.122. The summed E-state index contributed by atoms with van der Waals surface area (Å²) in [5.74, 6) is -6.79. The average Bonchev–Trinajstić information content (AvgIpc) is 3.38. The van der Waals surface area contributed by atoms with Crippen molar-refractivity contribution in [2.24, 2.45) is 0 Å². The summed E-state index contributed by atoms with van der Waals surface area (Å²) in [5.41, 5.74) is -0.367. The monoisotopic (exact) mass is 507 g/mol. The number of aromatic amines is 1. The lowest BCUT2D eigenvalue weighted by Crippen LogP contribution is -2.38. The first-order valence-corrected chi connectivity index (χ1v) is 10.5. The molecule has 4 aromatic rings. The van der Waals surface area contributed by atoms with E-state index in [0.29, 0.717) is 18.2 Å². The number of H-pyrrole nitrogens is 1.